The van der Waals surface area contributed by atoms with E-state index in [1.807, 2.05) is 42.5 Å². The van der Waals surface area contributed by atoms with E-state index in [0.717, 1.165) is 17.7 Å². The van der Waals surface area contributed by atoms with Crippen LogP contribution in [0.4, 0.5) is 17.1 Å². The summed E-state index contributed by atoms with van der Waals surface area (Å²) in [7, 11) is 0. The minimum atomic E-state index is -0.837. The van der Waals surface area contributed by atoms with Crippen LogP contribution in [0.5, 0.6) is 0 Å². The van der Waals surface area contributed by atoms with Crippen molar-refractivity contribution >= 4 is 58.1 Å². The summed E-state index contributed by atoms with van der Waals surface area (Å²) in [4.78, 5) is 56.0. The van der Waals surface area contributed by atoms with Gasteiger partial charge >= 0.3 is 5.97 Å². The second-order valence-corrected chi connectivity index (χ2v) is 10.2. The Bertz CT molecular complexity index is 1460. The van der Waals surface area contributed by atoms with Gasteiger partial charge in [-0.2, -0.15) is 0 Å². The van der Waals surface area contributed by atoms with Gasteiger partial charge in [0.15, 0.2) is 5.11 Å². The van der Waals surface area contributed by atoms with Crippen LogP contribution in [0.3, 0.4) is 0 Å². The van der Waals surface area contributed by atoms with Crippen molar-refractivity contribution in [2.24, 2.45) is 0 Å². The molecule has 2 heterocycles. The van der Waals surface area contributed by atoms with Crippen molar-refractivity contribution < 1.29 is 23.9 Å². The van der Waals surface area contributed by atoms with Gasteiger partial charge in [0.1, 0.15) is 6.04 Å². The molecule has 9 nitrogen and oxygen atoms in total. The van der Waals surface area contributed by atoms with Gasteiger partial charge in [-0.25, -0.2) is 4.79 Å². The number of nitrogens with zero attached hydrogens (tertiary/aromatic N) is 3. The van der Waals surface area contributed by atoms with Gasteiger partial charge in [-0.15, -0.1) is 0 Å². The topological polar surface area (TPSA) is 99.3 Å². The molecule has 0 unspecified atom stereocenters. The smallest absolute Gasteiger partial charge is 0.338 e. The van der Waals surface area contributed by atoms with Crippen molar-refractivity contribution in [3.05, 3.63) is 90.0 Å². The Morgan fingerprint density at radius 2 is 1.63 bits per heavy atom. The highest BCUT2D eigenvalue weighted by Crippen LogP contribution is 2.30. The van der Waals surface area contributed by atoms with E-state index in [2.05, 4.69) is 5.32 Å². The van der Waals surface area contributed by atoms with Crippen molar-refractivity contribution in [3.8, 4) is 0 Å². The largest absolute Gasteiger partial charge is 0.462 e. The molecule has 2 aliphatic rings. The summed E-state index contributed by atoms with van der Waals surface area (Å²) >= 11 is 5.79. The molecule has 5 rings (SSSR count). The summed E-state index contributed by atoms with van der Waals surface area (Å²) in [5.74, 6) is -0.991. The number of thiocarbonyl (C=S) groups is 1. The van der Waals surface area contributed by atoms with E-state index in [1.165, 1.54) is 4.90 Å². The Morgan fingerprint density at radius 1 is 0.951 bits per heavy atom. The van der Waals surface area contributed by atoms with Crippen LogP contribution in [0.25, 0.3) is 0 Å². The van der Waals surface area contributed by atoms with Gasteiger partial charge in [-0.05, 0) is 79.7 Å². The summed E-state index contributed by atoms with van der Waals surface area (Å²) in [6.45, 7) is 2.98. The molecule has 0 aliphatic carbocycles. The van der Waals surface area contributed by atoms with E-state index < -0.39 is 12.0 Å². The van der Waals surface area contributed by atoms with Crippen molar-refractivity contribution in [1.82, 2.24) is 4.90 Å². The van der Waals surface area contributed by atoms with Crippen LogP contribution in [0, 0.1) is 0 Å². The predicted molar refractivity (Wildman–Crippen MR) is 160 cm³/mol. The van der Waals surface area contributed by atoms with E-state index in [0.29, 0.717) is 36.4 Å². The molecule has 3 aromatic carbocycles. The van der Waals surface area contributed by atoms with Crippen LogP contribution >= 0.6 is 12.2 Å². The zero-order chi connectivity index (χ0) is 28.9. The predicted octanol–water partition coefficient (Wildman–Crippen LogP) is 4.52. The Morgan fingerprint density at radius 3 is 2.27 bits per heavy atom. The van der Waals surface area contributed by atoms with Crippen molar-refractivity contribution in [1.29, 1.82) is 0 Å². The standard InChI is InChI=1S/C31H30N4O5S/c1-2-40-30(39)22-12-16-25(17-13-22)35-29(38)26(19-27(36)32-23-7-4-3-5-8-23)34(31(35)41)20-21-10-14-24(15-11-21)33-18-6-9-28(33)37/h3-5,7-8,10-17,26H,2,6,9,18-20H2,1H3,(H,32,36)/t26-/m0/s1. The first kappa shape index (κ1) is 28.0. The fourth-order valence-electron chi connectivity index (χ4n) is 5.02. The van der Waals surface area contributed by atoms with Gasteiger partial charge < -0.3 is 19.9 Å². The molecule has 3 aromatic rings. The molecule has 0 aromatic heterocycles. The van der Waals surface area contributed by atoms with Crippen molar-refractivity contribution in [3.63, 3.8) is 0 Å². The number of para-hydroxylation sites is 1. The van der Waals surface area contributed by atoms with Gasteiger partial charge in [0, 0.05) is 30.9 Å². The third-order valence-electron chi connectivity index (χ3n) is 7.07. The zero-order valence-corrected chi connectivity index (χ0v) is 23.4. The van der Waals surface area contributed by atoms with Gasteiger partial charge in [0.25, 0.3) is 5.91 Å². The summed E-state index contributed by atoms with van der Waals surface area (Å²) in [5, 5.41) is 3.11. The van der Waals surface area contributed by atoms with Crippen LogP contribution in [0.1, 0.15) is 42.1 Å². The zero-order valence-electron chi connectivity index (χ0n) is 22.6. The van der Waals surface area contributed by atoms with Crippen LogP contribution in [0.2, 0.25) is 0 Å². The Hall–Kier alpha value is -4.57. The Kier molecular flexibility index (Phi) is 8.39. The van der Waals surface area contributed by atoms with E-state index in [4.69, 9.17) is 17.0 Å². The quantitative estimate of drug-likeness (QED) is 0.298. The summed E-state index contributed by atoms with van der Waals surface area (Å²) < 4.78 is 5.06. The van der Waals surface area contributed by atoms with Crippen LogP contribution in [0.15, 0.2) is 78.9 Å². The number of rotatable bonds is 9. The molecule has 0 radical (unpaired) electrons. The first-order chi connectivity index (χ1) is 19.9. The van der Waals surface area contributed by atoms with Gasteiger partial charge in [0.05, 0.1) is 24.3 Å². The highest BCUT2D eigenvalue weighted by Gasteiger charge is 2.44. The molecular formula is C31H30N4O5S. The third-order valence-corrected chi connectivity index (χ3v) is 7.48. The molecular weight excluding hydrogens is 540 g/mol. The molecule has 1 atom stereocenters. The molecule has 10 heteroatoms. The second kappa shape index (κ2) is 12.3. The average molecular weight is 571 g/mol. The van der Waals surface area contributed by atoms with Crippen LogP contribution < -0.4 is 15.1 Å². The monoisotopic (exact) mass is 570 g/mol. The number of carbonyl (C=O) groups excluding carboxylic acids is 4. The first-order valence-corrected chi connectivity index (χ1v) is 13.9. The van der Waals surface area contributed by atoms with Gasteiger partial charge in [-0.3, -0.25) is 19.3 Å². The van der Waals surface area contributed by atoms with E-state index in [9.17, 15) is 19.2 Å². The number of benzene rings is 3. The summed E-state index contributed by atoms with van der Waals surface area (Å²) in [6, 6.07) is 22.3. The lowest BCUT2D eigenvalue weighted by atomic mass is 10.1. The maximum absolute atomic E-state index is 13.8. The summed E-state index contributed by atoms with van der Waals surface area (Å²) in [6.07, 6.45) is 1.29. The Labute approximate surface area is 243 Å². The minimum Gasteiger partial charge on any atom is -0.462 e. The number of nitrogens with one attached hydrogen (secondary N) is 1. The molecule has 1 N–H and O–H groups in total. The number of hydrogen-bond acceptors (Lipinski definition) is 6. The summed E-state index contributed by atoms with van der Waals surface area (Å²) in [5.41, 5.74) is 3.20. The fraction of sp³-hybridized carbons (Fsp3) is 0.258. The van der Waals surface area contributed by atoms with E-state index in [1.54, 1.807) is 53.1 Å². The molecule has 0 spiro atoms. The molecule has 3 amide bonds. The maximum atomic E-state index is 13.8. The molecule has 0 bridgehead atoms. The molecule has 0 saturated carbocycles. The lowest BCUT2D eigenvalue weighted by Gasteiger charge is -2.24. The SMILES string of the molecule is CCOC(=O)c1ccc(N2C(=O)[C@H](CC(=O)Nc3ccccc3)N(Cc3ccc(N4CCCC4=O)cc3)C2=S)cc1. The highest BCUT2D eigenvalue weighted by atomic mass is 32.1. The van der Waals surface area contributed by atoms with E-state index in [-0.39, 0.29) is 35.9 Å². The normalized spacial score (nSPS) is 16.9. The molecule has 2 aliphatic heterocycles. The average Bonchev–Trinajstić information content (AvgIpc) is 3.50. The molecule has 41 heavy (non-hydrogen) atoms. The number of carbonyl (C=O) groups is 4. The van der Waals surface area contributed by atoms with Crippen LogP contribution in [-0.2, 0) is 25.7 Å². The maximum Gasteiger partial charge on any atom is 0.338 e. The number of ether oxygens (including phenoxy) is 1. The molecule has 2 saturated heterocycles. The lowest BCUT2D eigenvalue weighted by molar-refractivity contribution is -0.124. The lowest BCUT2D eigenvalue weighted by Crippen LogP contribution is -2.37. The number of amides is 3. The van der Waals surface area contributed by atoms with Gasteiger partial charge in [-0.1, -0.05) is 30.3 Å². The number of hydrogen-bond donors (Lipinski definition) is 1. The highest BCUT2D eigenvalue weighted by molar-refractivity contribution is 7.80. The first-order valence-electron chi connectivity index (χ1n) is 13.5. The van der Waals surface area contributed by atoms with E-state index >= 15 is 0 Å². The number of anilines is 3. The number of esters is 1. The van der Waals surface area contributed by atoms with Gasteiger partial charge in [0.2, 0.25) is 11.8 Å². The third kappa shape index (κ3) is 6.12. The molecule has 210 valence electrons. The van der Waals surface area contributed by atoms with Crippen molar-refractivity contribution in [2.45, 2.75) is 38.8 Å². The Balaban J connectivity index is 1.39. The van der Waals surface area contributed by atoms with Crippen LogP contribution in [-0.4, -0.2) is 52.9 Å². The minimum absolute atomic E-state index is 0.106. The second-order valence-electron chi connectivity index (χ2n) is 9.80. The fourth-order valence-corrected chi connectivity index (χ4v) is 5.41. The molecule has 2 fully saturated rings. The van der Waals surface area contributed by atoms with Crippen molar-refractivity contribution in [2.75, 3.05) is 28.3 Å².